The summed E-state index contributed by atoms with van der Waals surface area (Å²) < 4.78 is 12.0. The third kappa shape index (κ3) is 5.58. The maximum atomic E-state index is 12.4. The summed E-state index contributed by atoms with van der Waals surface area (Å²) in [6.07, 6.45) is 3.30. The Labute approximate surface area is 173 Å². The van der Waals surface area contributed by atoms with E-state index in [0.717, 1.165) is 69.9 Å². The fraction of sp³-hybridized carbons (Fsp3) is 0.458. The molecule has 2 aliphatic rings. The molecule has 2 aliphatic heterocycles. The summed E-state index contributed by atoms with van der Waals surface area (Å²) in [5.41, 5.74) is 2.06. The summed E-state index contributed by atoms with van der Waals surface area (Å²) in [6, 6.07) is 18.1. The quantitative estimate of drug-likeness (QED) is 0.751. The lowest BCUT2D eigenvalue weighted by molar-refractivity contribution is 0.0201. The van der Waals surface area contributed by atoms with Crippen LogP contribution < -0.4 is 4.74 Å². The molecular formula is C24H30N2O3. The zero-order valence-corrected chi connectivity index (χ0v) is 17.0. The molecule has 0 saturated carbocycles. The van der Waals surface area contributed by atoms with E-state index >= 15 is 0 Å². The molecule has 0 N–H and O–H groups in total. The molecule has 2 heterocycles. The molecular weight excluding hydrogens is 364 g/mol. The minimum atomic E-state index is 0.0483. The van der Waals surface area contributed by atoms with Crippen molar-refractivity contribution in [3.05, 3.63) is 65.7 Å². The number of carbonyl (C=O) groups excluding carboxylic acids is 1. The van der Waals surface area contributed by atoms with E-state index in [9.17, 15) is 4.79 Å². The van der Waals surface area contributed by atoms with Crippen LogP contribution in [0.15, 0.2) is 54.6 Å². The monoisotopic (exact) mass is 394 g/mol. The Morgan fingerprint density at radius 2 is 1.72 bits per heavy atom. The molecule has 2 fully saturated rings. The minimum absolute atomic E-state index is 0.0483. The molecule has 0 radical (unpaired) electrons. The highest BCUT2D eigenvalue weighted by Gasteiger charge is 2.21. The van der Waals surface area contributed by atoms with Gasteiger partial charge in [-0.05, 0) is 49.1 Å². The molecule has 154 valence electrons. The van der Waals surface area contributed by atoms with Crippen LogP contribution in [0, 0.1) is 0 Å². The summed E-state index contributed by atoms with van der Waals surface area (Å²) >= 11 is 0. The Kier molecular flexibility index (Phi) is 6.80. The number of nitrogens with zero attached hydrogens (tertiary/aromatic N) is 2. The molecule has 1 amide bonds. The number of benzene rings is 2. The Balaban J connectivity index is 1.28. The van der Waals surface area contributed by atoms with Gasteiger partial charge in [-0.3, -0.25) is 9.69 Å². The van der Waals surface area contributed by atoms with Crippen LogP contribution in [-0.4, -0.2) is 61.2 Å². The molecule has 5 nitrogen and oxygen atoms in total. The van der Waals surface area contributed by atoms with Crippen molar-refractivity contribution >= 4 is 5.91 Å². The van der Waals surface area contributed by atoms with E-state index in [1.54, 1.807) is 0 Å². The van der Waals surface area contributed by atoms with Crippen molar-refractivity contribution in [1.29, 1.82) is 0 Å². The van der Waals surface area contributed by atoms with Crippen molar-refractivity contribution in [2.45, 2.75) is 31.9 Å². The summed E-state index contributed by atoms with van der Waals surface area (Å²) in [5, 5.41) is 0. The van der Waals surface area contributed by atoms with Crippen molar-refractivity contribution in [2.24, 2.45) is 0 Å². The van der Waals surface area contributed by atoms with Gasteiger partial charge in [0.25, 0.3) is 5.91 Å². The predicted molar refractivity (Wildman–Crippen MR) is 113 cm³/mol. The van der Waals surface area contributed by atoms with Gasteiger partial charge in [0.05, 0.1) is 0 Å². The highest BCUT2D eigenvalue weighted by Crippen LogP contribution is 2.18. The highest BCUT2D eigenvalue weighted by atomic mass is 16.5. The fourth-order valence-corrected chi connectivity index (χ4v) is 4.04. The summed E-state index contributed by atoms with van der Waals surface area (Å²) in [6.45, 7) is 5.87. The molecule has 2 aromatic rings. The number of carbonyl (C=O) groups is 1. The molecule has 0 aromatic heterocycles. The Hall–Kier alpha value is -2.37. The van der Waals surface area contributed by atoms with E-state index in [2.05, 4.69) is 35.2 Å². The first-order valence-corrected chi connectivity index (χ1v) is 10.7. The van der Waals surface area contributed by atoms with E-state index < -0.39 is 0 Å². The molecule has 5 heteroatoms. The van der Waals surface area contributed by atoms with Gasteiger partial charge < -0.3 is 14.4 Å². The van der Waals surface area contributed by atoms with E-state index in [0.29, 0.717) is 6.61 Å². The van der Waals surface area contributed by atoms with Gasteiger partial charge in [0.15, 0.2) is 0 Å². The smallest absolute Gasteiger partial charge is 0.253 e. The first-order valence-electron chi connectivity index (χ1n) is 10.7. The predicted octanol–water partition coefficient (Wildman–Crippen LogP) is 3.59. The maximum Gasteiger partial charge on any atom is 0.253 e. The topological polar surface area (TPSA) is 42.0 Å². The molecule has 4 rings (SSSR count). The van der Waals surface area contributed by atoms with E-state index in [1.165, 1.54) is 5.56 Å². The number of rotatable bonds is 6. The normalized spacial score (nSPS) is 20.4. The molecule has 0 bridgehead atoms. The zero-order chi connectivity index (χ0) is 19.9. The van der Waals surface area contributed by atoms with Crippen LogP contribution >= 0.6 is 0 Å². The molecule has 29 heavy (non-hydrogen) atoms. The van der Waals surface area contributed by atoms with E-state index in [4.69, 9.17) is 9.47 Å². The maximum absolute atomic E-state index is 12.4. The molecule has 1 atom stereocenters. The number of hydrogen-bond donors (Lipinski definition) is 0. The second-order valence-electron chi connectivity index (χ2n) is 7.90. The average molecular weight is 395 g/mol. The average Bonchev–Trinajstić information content (AvgIpc) is 3.21. The Morgan fingerprint density at radius 1 is 0.966 bits per heavy atom. The van der Waals surface area contributed by atoms with Crippen LogP contribution in [0.3, 0.4) is 0 Å². The van der Waals surface area contributed by atoms with Crippen LogP contribution in [0.1, 0.15) is 35.2 Å². The lowest BCUT2D eigenvalue weighted by atomic mass is 10.2. The van der Waals surface area contributed by atoms with Gasteiger partial charge in [-0.25, -0.2) is 0 Å². The van der Waals surface area contributed by atoms with E-state index in [1.807, 2.05) is 29.2 Å². The third-order valence-electron chi connectivity index (χ3n) is 5.61. The number of likely N-dealkylation sites (tertiary alicyclic amines) is 1. The van der Waals surface area contributed by atoms with Crippen LogP contribution in [0.4, 0.5) is 0 Å². The van der Waals surface area contributed by atoms with Crippen molar-refractivity contribution in [1.82, 2.24) is 9.80 Å². The van der Waals surface area contributed by atoms with E-state index in [-0.39, 0.29) is 12.0 Å². The largest absolute Gasteiger partial charge is 0.491 e. The summed E-state index contributed by atoms with van der Waals surface area (Å²) in [4.78, 5) is 16.8. The molecule has 2 saturated heterocycles. The van der Waals surface area contributed by atoms with Crippen molar-refractivity contribution in [2.75, 3.05) is 39.4 Å². The van der Waals surface area contributed by atoms with Crippen LogP contribution in [0.25, 0.3) is 0 Å². The SMILES string of the molecule is O=C(c1ccc(OC[C@@H]2CN(Cc3ccccc3)CCCO2)cc1)N1CCCC1. The third-order valence-corrected chi connectivity index (χ3v) is 5.61. The standard InChI is InChI=1S/C24H30N2O3/c27-24(26-14-4-5-15-26)21-9-11-22(12-10-21)29-19-23-18-25(13-6-16-28-23)17-20-7-2-1-3-8-20/h1-3,7-12,23H,4-6,13-19H2/t23-/m0/s1. The minimum Gasteiger partial charge on any atom is -0.491 e. The van der Waals surface area contributed by atoms with Crippen molar-refractivity contribution < 1.29 is 14.3 Å². The van der Waals surface area contributed by atoms with Gasteiger partial charge in [0, 0.05) is 44.9 Å². The molecule has 0 spiro atoms. The summed E-state index contributed by atoms with van der Waals surface area (Å²) in [5.74, 6) is 0.906. The summed E-state index contributed by atoms with van der Waals surface area (Å²) in [7, 11) is 0. The molecule has 2 aromatic carbocycles. The van der Waals surface area contributed by atoms with Gasteiger partial charge >= 0.3 is 0 Å². The second-order valence-corrected chi connectivity index (χ2v) is 7.90. The second kappa shape index (κ2) is 9.90. The lowest BCUT2D eigenvalue weighted by Gasteiger charge is -2.24. The van der Waals surface area contributed by atoms with Crippen molar-refractivity contribution in [3.63, 3.8) is 0 Å². The number of amides is 1. The first kappa shape index (κ1) is 19.9. The highest BCUT2D eigenvalue weighted by molar-refractivity contribution is 5.94. The molecule has 0 aliphatic carbocycles. The van der Waals surface area contributed by atoms with Gasteiger partial charge in [-0.2, -0.15) is 0 Å². The van der Waals surface area contributed by atoms with Crippen molar-refractivity contribution in [3.8, 4) is 5.75 Å². The molecule has 0 unspecified atom stereocenters. The van der Waals surface area contributed by atoms with Gasteiger partial charge in [-0.15, -0.1) is 0 Å². The fourth-order valence-electron chi connectivity index (χ4n) is 4.04. The van der Waals surface area contributed by atoms with Gasteiger partial charge in [0.2, 0.25) is 0 Å². The van der Waals surface area contributed by atoms with Gasteiger partial charge in [-0.1, -0.05) is 30.3 Å². The number of hydrogen-bond acceptors (Lipinski definition) is 4. The number of ether oxygens (including phenoxy) is 2. The van der Waals surface area contributed by atoms with Crippen LogP contribution in [0.5, 0.6) is 5.75 Å². The zero-order valence-electron chi connectivity index (χ0n) is 17.0. The first-order chi connectivity index (χ1) is 14.3. The lowest BCUT2D eigenvalue weighted by Crippen LogP contribution is -2.34. The Morgan fingerprint density at radius 3 is 2.48 bits per heavy atom. The Bertz CT molecular complexity index is 772. The van der Waals surface area contributed by atoms with Crippen LogP contribution in [-0.2, 0) is 11.3 Å². The van der Waals surface area contributed by atoms with Crippen LogP contribution in [0.2, 0.25) is 0 Å². The van der Waals surface area contributed by atoms with Gasteiger partial charge in [0.1, 0.15) is 18.5 Å².